The van der Waals surface area contributed by atoms with Crippen molar-refractivity contribution in [2.24, 2.45) is 0 Å². The molecule has 0 aromatic heterocycles. The van der Waals surface area contributed by atoms with Crippen molar-refractivity contribution in [2.75, 3.05) is 19.6 Å². The van der Waals surface area contributed by atoms with Crippen molar-refractivity contribution in [1.29, 1.82) is 0 Å². The molecule has 18 heavy (non-hydrogen) atoms. The highest BCUT2D eigenvalue weighted by Crippen LogP contribution is 2.16. The lowest BCUT2D eigenvalue weighted by atomic mass is 10.0. The molecule has 1 aromatic rings. The molecule has 1 saturated heterocycles. The van der Waals surface area contributed by atoms with E-state index in [9.17, 15) is 0 Å². The van der Waals surface area contributed by atoms with Gasteiger partial charge in [-0.3, -0.25) is 0 Å². The van der Waals surface area contributed by atoms with Gasteiger partial charge < -0.3 is 10.6 Å². The van der Waals surface area contributed by atoms with Gasteiger partial charge >= 0.3 is 0 Å². The SMILES string of the molecule is CCCCCCc1ccc(C2CNCCN2)cc1. The predicted octanol–water partition coefficient (Wildman–Crippen LogP) is 3.04. The van der Waals surface area contributed by atoms with Crippen molar-refractivity contribution in [1.82, 2.24) is 10.6 Å². The number of nitrogens with one attached hydrogen (secondary N) is 2. The first-order valence-corrected chi connectivity index (χ1v) is 7.43. The van der Waals surface area contributed by atoms with Gasteiger partial charge in [0.05, 0.1) is 0 Å². The average molecular weight is 246 g/mol. The molecule has 1 aliphatic rings. The summed E-state index contributed by atoms with van der Waals surface area (Å²) in [4.78, 5) is 0. The van der Waals surface area contributed by atoms with E-state index in [0.717, 1.165) is 19.6 Å². The highest BCUT2D eigenvalue weighted by atomic mass is 15.1. The quantitative estimate of drug-likeness (QED) is 0.754. The molecule has 1 aliphatic heterocycles. The summed E-state index contributed by atoms with van der Waals surface area (Å²) in [5.74, 6) is 0. The van der Waals surface area contributed by atoms with E-state index >= 15 is 0 Å². The smallest absolute Gasteiger partial charge is 0.0447 e. The number of benzene rings is 1. The normalized spacial score (nSPS) is 19.9. The van der Waals surface area contributed by atoms with Gasteiger partial charge in [-0.15, -0.1) is 0 Å². The van der Waals surface area contributed by atoms with Crippen molar-refractivity contribution in [3.63, 3.8) is 0 Å². The highest BCUT2D eigenvalue weighted by molar-refractivity contribution is 5.25. The Morgan fingerprint density at radius 2 is 1.89 bits per heavy atom. The molecule has 1 heterocycles. The van der Waals surface area contributed by atoms with Gasteiger partial charge in [0.15, 0.2) is 0 Å². The van der Waals surface area contributed by atoms with Crippen LogP contribution in [0.4, 0.5) is 0 Å². The molecule has 2 heteroatoms. The Kier molecular flexibility index (Phi) is 5.69. The molecule has 1 atom stereocenters. The third-order valence-corrected chi connectivity index (χ3v) is 3.74. The van der Waals surface area contributed by atoms with Crippen molar-refractivity contribution >= 4 is 0 Å². The van der Waals surface area contributed by atoms with Gasteiger partial charge in [0.2, 0.25) is 0 Å². The molecule has 0 radical (unpaired) electrons. The monoisotopic (exact) mass is 246 g/mol. The van der Waals surface area contributed by atoms with Gasteiger partial charge in [-0.05, 0) is 24.0 Å². The molecule has 0 bridgehead atoms. The second kappa shape index (κ2) is 7.55. The Balaban J connectivity index is 1.81. The van der Waals surface area contributed by atoms with Crippen molar-refractivity contribution in [3.05, 3.63) is 35.4 Å². The first-order valence-electron chi connectivity index (χ1n) is 7.43. The summed E-state index contributed by atoms with van der Waals surface area (Å²) in [5, 5.41) is 6.99. The Bertz CT molecular complexity index is 325. The number of hydrogen-bond donors (Lipinski definition) is 2. The zero-order chi connectivity index (χ0) is 12.6. The molecule has 1 aromatic carbocycles. The summed E-state index contributed by atoms with van der Waals surface area (Å²) in [6.45, 7) is 5.48. The van der Waals surface area contributed by atoms with Crippen LogP contribution in [-0.4, -0.2) is 19.6 Å². The molecule has 0 amide bonds. The molecule has 2 N–H and O–H groups in total. The molecule has 0 aliphatic carbocycles. The molecule has 0 spiro atoms. The van der Waals surface area contributed by atoms with E-state index in [1.165, 1.54) is 43.2 Å². The maximum Gasteiger partial charge on any atom is 0.0447 e. The van der Waals surface area contributed by atoms with Crippen LogP contribution in [0.1, 0.15) is 49.8 Å². The lowest BCUT2D eigenvalue weighted by Gasteiger charge is -2.25. The van der Waals surface area contributed by atoms with Crippen molar-refractivity contribution in [2.45, 2.75) is 45.1 Å². The maximum atomic E-state index is 3.55. The molecular weight excluding hydrogens is 220 g/mol. The lowest BCUT2D eigenvalue weighted by molar-refractivity contribution is 0.430. The first-order chi connectivity index (χ1) is 8.90. The second-order valence-corrected chi connectivity index (χ2v) is 5.26. The summed E-state index contributed by atoms with van der Waals surface area (Å²) < 4.78 is 0. The van der Waals surface area contributed by atoms with Gasteiger partial charge in [-0.25, -0.2) is 0 Å². The number of unbranched alkanes of at least 4 members (excludes halogenated alkanes) is 3. The summed E-state index contributed by atoms with van der Waals surface area (Å²) in [6, 6.07) is 9.68. The molecular formula is C16H26N2. The Morgan fingerprint density at radius 3 is 2.56 bits per heavy atom. The number of rotatable bonds is 6. The van der Waals surface area contributed by atoms with Crippen LogP contribution in [0.25, 0.3) is 0 Å². The van der Waals surface area contributed by atoms with Crippen LogP contribution in [0.3, 0.4) is 0 Å². The van der Waals surface area contributed by atoms with E-state index in [1.807, 2.05) is 0 Å². The predicted molar refractivity (Wildman–Crippen MR) is 77.9 cm³/mol. The van der Waals surface area contributed by atoms with Crippen LogP contribution in [0, 0.1) is 0 Å². The van der Waals surface area contributed by atoms with E-state index in [-0.39, 0.29) is 0 Å². The molecule has 2 rings (SSSR count). The van der Waals surface area contributed by atoms with Crippen molar-refractivity contribution in [3.8, 4) is 0 Å². The van der Waals surface area contributed by atoms with E-state index in [2.05, 4.69) is 41.8 Å². The van der Waals surface area contributed by atoms with Crippen LogP contribution >= 0.6 is 0 Å². The number of piperazine rings is 1. The fourth-order valence-electron chi connectivity index (χ4n) is 2.56. The minimum Gasteiger partial charge on any atom is -0.314 e. The molecule has 100 valence electrons. The maximum absolute atomic E-state index is 3.55. The van der Waals surface area contributed by atoms with E-state index in [1.54, 1.807) is 0 Å². The van der Waals surface area contributed by atoms with Crippen LogP contribution in [0.5, 0.6) is 0 Å². The standard InChI is InChI=1S/C16H26N2/c1-2-3-4-5-6-14-7-9-15(10-8-14)16-13-17-11-12-18-16/h7-10,16-18H,2-6,11-13H2,1H3. The minimum atomic E-state index is 0.493. The summed E-state index contributed by atoms with van der Waals surface area (Å²) in [6.07, 6.45) is 6.62. The fraction of sp³-hybridized carbons (Fsp3) is 0.625. The van der Waals surface area contributed by atoms with Crippen LogP contribution in [0.2, 0.25) is 0 Å². The number of hydrogen-bond acceptors (Lipinski definition) is 2. The molecule has 1 unspecified atom stereocenters. The Hall–Kier alpha value is -0.860. The van der Waals surface area contributed by atoms with Crippen molar-refractivity contribution < 1.29 is 0 Å². The van der Waals surface area contributed by atoms with E-state index in [0.29, 0.717) is 6.04 Å². The van der Waals surface area contributed by atoms with E-state index in [4.69, 9.17) is 0 Å². The Morgan fingerprint density at radius 1 is 1.06 bits per heavy atom. The van der Waals surface area contributed by atoms with Gasteiger partial charge in [0.25, 0.3) is 0 Å². The zero-order valence-electron chi connectivity index (χ0n) is 11.5. The van der Waals surface area contributed by atoms with Crippen LogP contribution in [0.15, 0.2) is 24.3 Å². The highest BCUT2D eigenvalue weighted by Gasteiger charge is 2.13. The molecule has 0 saturated carbocycles. The summed E-state index contributed by atoms with van der Waals surface area (Å²) in [7, 11) is 0. The number of aryl methyl sites for hydroxylation is 1. The van der Waals surface area contributed by atoms with Gasteiger partial charge in [-0.2, -0.15) is 0 Å². The second-order valence-electron chi connectivity index (χ2n) is 5.26. The fourth-order valence-corrected chi connectivity index (χ4v) is 2.56. The topological polar surface area (TPSA) is 24.1 Å². The Labute approximate surface area is 111 Å². The molecule has 2 nitrogen and oxygen atoms in total. The first kappa shape index (κ1) is 13.6. The van der Waals surface area contributed by atoms with Crippen LogP contribution in [-0.2, 0) is 6.42 Å². The van der Waals surface area contributed by atoms with Crippen LogP contribution < -0.4 is 10.6 Å². The summed E-state index contributed by atoms with van der Waals surface area (Å²) >= 11 is 0. The third kappa shape index (κ3) is 4.11. The minimum absolute atomic E-state index is 0.493. The van der Waals surface area contributed by atoms with Gasteiger partial charge in [0, 0.05) is 25.7 Å². The lowest BCUT2D eigenvalue weighted by Crippen LogP contribution is -2.42. The largest absolute Gasteiger partial charge is 0.314 e. The molecule has 1 fully saturated rings. The van der Waals surface area contributed by atoms with Gasteiger partial charge in [-0.1, -0.05) is 50.5 Å². The summed E-state index contributed by atoms with van der Waals surface area (Å²) in [5.41, 5.74) is 2.90. The van der Waals surface area contributed by atoms with Gasteiger partial charge in [0.1, 0.15) is 0 Å². The third-order valence-electron chi connectivity index (χ3n) is 3.74. The average Bonchev–Trinajstić information content (AvgIpc) is 2.45. The van der Waals surface area contributed by atoms with E-state index < -0.39 is 0 Å². The zero-order valence-corrected chi connectivity index (χ0v) is 11.5.